The van der Waals surface area contributed by atoms with E-state index in [1.165, 1.54) is 6.07 Å². The molecule has 3 nitrogen and oxygen atoms in total. The molecule has 0 unspecified atom stereocenters. The van der Waals surface area contributed by atoms with Crippen molar-refractivity contribution >= 4 is 22.7 Å². The Morgan fingerprint density at radius 2 is 2.33 bits per heavy atom. The van der Waals surface area contributed by atoms with Crippen LogP contribution in [0.2, 0.25) is 0 Å². The van der Waals surface area contributed by atoms with E-state index in [1.807, 2.05) is 0 Å². The molecule has 0 atom stereocenters. The smallest absolute Gasteiger partial charge is 0.148 e. The van der Waals surface area contributed by atoms with Crippen LogP contribution in [0.4, 0.5) is 15.8 Å². The molecule has 1 aromatic heterocycles. The van der Waals surface area contributed by atoms with Crippen LogP contribution < -0.4 is 11.1 Å². The topological polar surface area (TPSA) is 50.9 Å². The van der Waals surface area contributed by atoms with Gasteiger partial charge in [0.1, 0.15) is 5.82 Å². The third-order valence-corrected chi connectivity index (χ3v) is 2.77. The number of nitrogen functional groups attached to an aromatic ring is 1. The van der Waals surface area contributed by atoms with Gasteiger partial charge in [0.25, 0.3) is 0 Å². The van der Waals surface area contributed by atoms with Crippen LogP contribution >= 0.6 is 11.3 Å². The predicted octanol–water partition coefficient (Wildman–Crippen LogP) is 2.48. The van der Waals surface area contributed by atoms with E-state index in [1.54, 1.807) is 35.2 Å². The number of para-hydroxylation sites is 1. The Kier molecular flexibility index (Phi) is 2.82. The van der Waals surface area contributed by atoms with Crippen molar-refractivity contribution in [2.75, 3.05) is 11.1 Å². The number of rotatable bonds is 3. The maximum Gasteiger partial charge on any atom is 0.148 e. The van der Waals surface area contributed by atoms with Gasteiger partial charge in [-0.1, -0.05) is 6.07 Å². The van der Waals surface area contributed by atoms with Gasteiger partial charge in [-0.15, -0.1) is 11.3 Å². The van der Waals surface area contributed by atoms with Crippen LogP contribution in [0.3, 0.4) is 0 Å². The predicted molar refractivity (Wildman–Crippen MR) is 60.3 cm³/mol. The maximum absolute atomic E-state index is 13.1. The minimum atomic E-state index is -0.399. The van der Waals surface area contributed by atoms with Gasteiger partial charge in [0.15, 0.2) is 0 Å². The van der Waals surface area contributed by atoms with E-state index in [-0.39, 0.29) is 5.69 Å². The van der Waals surface area contributed by atoms with E-state index < -0.39 is 5.82 Å². The molecule has 2 rings (SSSR count). The molecule has 0 aliphatic rings. The van der Waals surface area contributed by atoms with E-state index in [0.717, 1.165) is 4.88 Å². The number of halogens is 1. The summed E-state index contributed by atoms with van der Waals surface area (Å²) in [5.74, 6) is -0.399. The van der Waals surface area contributed by atoms with Crippen molar-refractivity contribution in [3.63, 3.8) is 0 Å². The number of aromatic nitrogens is 1. The summed E-state index contributed by atoms with van der Waals surface area (Å²) in [5.41, 5.74) is 8.10. The molecule has 3 N–H and O–H groups in total. The molecule has 1 heterocycles. The van der Waals surface area contributed by atoms with Crippen molar-refractivity contribution in [2.24, 2.45) is 0 Å². The fourth-order valence-corrected chi connectivity index (χ4v) is 1.74. The lowest BCUT2D eigenvalue weighted by atomic mass is 10.2. The first kappa shape index (κ1) is 9.92. The lowest BCUT2D eigenvalue weighted by Gasteiger charge is -2.07. The second kappa shape index (κ2) is 4.27. The summed E-state index contributed by atoms with van der Waals surface area (Å²) in [7, 11) is 0. The number of nitrogens with one attached hydrogen (secondary N) is 1. The van der Waals surface area contributed by atoms with Crippen molar-refractivity contribution in [2.45, 2.75) is 6.54 Å². The summed E-state index contributed by atoms with van der Waals surface area (Å²) >= 11 is 1.54. The molecule has 0 fully saturated rings. The van der Waals surface area contributed by atoms with Gasteiger partial charge >= 0.3 is 0 Å². The highest BCUT2D eigenvalue weighted by molar-refractivity contribution is 7.09. The molecule has 0 amide bonds. The van der Waals surface area contributed by atoms with Crippen LogP contribution in [-0.2, 0) is 6.54 Å². The Balaban J connectivity index is 2.08. The van der Waals surface area contributed by atoms with E-state index in [2.05, 4.69) is 10.3 Å². The zero-order valence-corrected chi connectivity index (χ0v) is 8.72. The monoisotopic (exact) mass is 223 g/mol. The number of hydrogen-bond donors (Lipinski definition) is 2. The number of hydrogen-bond acceptors (Lipinski definition) is 4. The highest BCUT2D eigenvalue weighted by Crippen LogP contribution is 2.22. The molecule has 0 saturated heterocycles. The normalized spacial score (nSPS) is 10.2. The largest absolute Gasteiger partial charge is 0.395 e. The lowest BCUT2D eigenvalue weighted by molar-refractivity contribution is 0.633. The highest BCUT2D eigenvalue weighted by atomic mass is 32.1. The summed E-state index contributed by atoms with van der Waals surface area (Å²) in [6.45, 7) is 0.609. The molecule has 0 bridgehead atoms. The second-order valence-corrected chi connectivity index (χ2v) is 3.99. The molecule has 0 aliphatic carbocycles. The first-order valence-electron chi connectivity index (χ1n) is 4.42. The molecular formula is C10H10FN3S. The molecule has 2 aromatic rings. The van der Waals surface area contributed by atoms with Crippen LogP contribution in [0.25, 0.3) is 0 Å². The molecular weight excluding hydrogens is 213 g/mol. The van der Waals surface area contributed by atoms with Crippen molar-refractivity contribution in [3.8, 4) is 0 Å². The Morgan fingerprint density at radius 3 is 3.07 bits per heavy atom. The minimum absolute atomic E-state index is 0.155. The summed E-state index contributed by atoms with van der Waals surface area (Å²) in [6, 6.07) is 4.72. The molecule has 0 spiro atoms. The van der Waals surface area contributed by atoms with Crippen LogP contribution in [0.1, 0.15) is 4.88 Å². The molecule has 0 saturated carbocycles. The van der Waals surface area contributed by atoms with Crippen LogP contribution in [0, 0.1) is 5.82 Å². The van der Waals surface area contributed by atoms with Gasteiger partial charge in [-0.3, -0.25) is 4.98 Å². The Morgan fingerprint density at radius 1 is 1.47 bits per heavy atom. The third kappa shape index (κ3) is 2.24. The van der Waals surface area contributed by atoms with Gasteiger partial charge in [-0.25, -0.2) is 4.39 Å². The van der Waals surface area contributed by atoms with E-state index >= 15 is 0 Å². The quantitative estimate of drug-likeness (QED) is 0.786. The van der Waals surface area contributed by atoms with E-state index in [4.69, 9.17) is 5.73 Å². The highest BCUT2D eigenvalue weighted by Gasteiger charge is 2.03. The third-order valence-electron chi connectivity index (χ3n) is 1.99. The zero-order chi connectivity index (χ0) is 10.7. The van der Waals surface area contributed by atoms with E-state index in [9.17, 15) is 4.39 Å². The van der Waals surface area contributed by atoms with Crippen molar-refractivity contribution < 1.29 is 4.39 Å². The molecule has 5 heteroatoms. The van der Waals surface area contributed by atoms with E-state index in [0.29, 0.717) is 12.2 Å². The van der Waals surface area contributed by atoms with Gasteiger partial charge < -0.3 is 11.1 Å². The standard InChI is InChI=1S/C10H10FN3S/c11-8-2-1-3-9(10(8)12)14-5-7-4-13-6-15-7/h1-4,6,14H,5,12H2. The summed E-state index contributed by atoms with van der Waals surface area (Å²) < 4.78 is 13.1. The Hall–Kier alpha value is -1.62. The Labute approximate surface area is 90.8 Å². The number of nitrogens with two attached hydrogens (primary N) is 1. The summed E-state index contributed by atoms with van der Waals surface area (Å²) in [5, 5.41) is 3.06. The number of thiazole rings is 1. The zero-order valence-electron chi connectivity index (χ0n) is 7.90. The molecule has 78 valence electrons. The minimum Gasteiger partial charge on any atom is -0.395 e. The number of anilines is 2. The van der Waals surface area contributed by atoms with Gasteiger partial charge in [0, 0.05) is 11.1 Å². The average molecular weight is 223 g/mol. The van der Waals surface area contributed by atoms with Gasteiger partial charge in [0.2, 0.25) is 0 Å². The molecule has 0 radical (unpaired) electrons. The first-order valence-corrected chi connectivity index (χ1v) is 5.30. The van der Waals surface area contributed by atoms with Gasteiger partial charge in [-0.05, 0) is 12.1 Å². The molecule has 1 aromatic carbocycles. The van der Waals surface area contributed by atoms with Gasteiger partial charge in [0.05, 0.1) is 23.4 Å². The second-order valence-electron chi connectivity index (χ2n) is 3.02. The summed E-state index contributed by atoms with van der Waals surface area (Å²) in [4.78, 5) is 5.03. The average Bonchev–Trinajstić information content (AvgIpc) is 2.73. The number of nitrogens with zero attached hydrogens (tertiary/aromatic N) is 1. The van der Waals surface area contributed by atoms with Crippen molar-refractivity contribution in [1.29, 1.82) is 0 Å². The Bertz CT molecular complexity index is 442. The lowest BCUT2D eigenvalue weighted by Crippen LogP contribution is -2.02. The number of benzene rings is 1. The fourth-order valence-electron chi connectivity index (χ4n) is 1.20. The van der Waals surface area contributed by atoms with Gasteiger partial charge in [-0.2, -0.15) is 0 Å². The first-order chi connectivity index (χ1) is 7.27. The van der Waals surface area contributed by atoms with Crippen LogP contribution in [-0.4, -0.2) is 4.98 Å². The summed E-state index contributed by atoms with van der Waals surface area (Å²) in [6.07, 6.45) is 1.77. The fraction of sp³-hybridized carbons (Fsp3) is 0.100. The molecule has 15 heavy (non-hydrogen) atoms. The van der Waals surface area contributed by atoms with Crippen LogP contribution in [0.15, 0.2) is 29.9 Å². The van der Waals surface area contributed by atoms with Crippen LogP contribution in [0.5, 0.6) is 0 Å². The SMILES string of the molecule is Nc1c(F)cccc1NCc1cncs1. The van der Waals surface area contributed by atoms with Crippen molar-refractivity contribution in [1.82, 2.24) is 4.98 Å². The maximum atomic E-state index is 13.1. The molecule has 0 aliphatic heterocycles. The van der Waals surface area contributed by atoms with Crippen molar-refractivity contribution in [3.05, 3.63) is 40.6 Å².